The Balaban J connectivity index is 1.52. The van der Waals surface area contributed by atoms with Crippen LogP contribution in [-0.4, -0.2) is 96.3 Å². The van der Waals surface area contributed by atoms with E-state index in [9.17, 15) is 0 Å². The van der Waals surface area contributed by atoms with Gasteiger partial charge in [-0.3, -0.25) is 4.90 Å². The molecule has 3 aromatic rings. The number of nitrogens with two attached hydrogens (primary N) is 1. The maximum atomic E-state index is 6.05. The molecule has 2 aromatic heterocycles. The van der Waals surface area contributed by atoms with Crippen molar-refractivity contribution >= 4 is 22.9 Å². The summed E-state index contributed by atoms with van der Waals surface area (Å²) in [6.45, 7) is 12.7. The van der Waals surface area contributed by atoms with Gasteiger partial charge in [-0.25, -0.2) is 9.97 Å². The molecule has 3 heterocycles. The minimum atomic E-state index is 0.211. The third-order valence-corrected chi connectivity index (χ3v) is 6.57. The fraction of sp³-hybridized carbons (Fsp3) is 0.538. The van der Waals surface area contributed by atoms with Gasteiger partial charge >= 0.3 is 0 Å². The number of methoxy groups -OCH3 is 2. The maximum Gasteiger partial charge on any atom is 0.224 e. The highest BCUT2D eigenvalue weighted by molar-refractivity contribution is 5.86. The molecule has 0 aliphatic carbocycles. The maximum absolute atomic E-state index is 6.05. The molecular formula is C26H38N8O2. The van der Waals surface area contributed by atoms with Crippen molar-refractivity contribution in [2.45, 2.75) is 26.7 Å². The van der Waals surface area contributed by atoms with Crippen LogP contribution in [0.4, 0.5) is 11.8 Å². The molecule has 0 bridgehead atoms. The topological polar surface area (TPSA) is 106 Å². The lowest BCUT2D eigenvalue weighted by Gasteiger charge is -2.36. The van der Waals surface area contributed by atoms with Crippen LogP contribution in [0.1, 0.15) is 26.7 Å². The molecule has 10 nitrogen and oxygen atoms in total. The van der Waals surface area contributed by atoms with E-state index in [-0.39, 0.29) is 5.95 Å². The first kappa shape index (κ1) is 25.8. The van der Waals surface area contributed by atoms with Crippen LogP contribution in [0.25, 0.3) is 22.4 Å². The molecular weight excluding hydrogens is 456 g/mol. The number of anilines is 2. The van der Waals surface area contributed by atoms with Crippen molar-refractivity contribution in [3.05, 3.63) is 24.4 Å². The van der Waals surface area contributed by atoms with Gasteiger partial charge in [-0.2, -0.15) is 9.97 Å². The second-order valence-corrected chi connectivity index (χ2v) is 9.07. The van der Waals surface area contributed by atoms with Crippen LogP contribution in [-0.2, 0) is 0 Å². The van der Waals surface area contributed by atoms with Crippen LogP contribution in [0.15, 0.2) is 24.4 Å². The van der Waals surface area contributed by atoms with Crippen LogP contribution in [0.3, 0.4) is 0 Å². The first-order valence-corrected chi connectivity index (χ1v) is 12.8. The quantitative estimate of drug-likeness (QED) is 0.428. The Morgan fingerprint density at radius 1 is 0.917 bits per heavy atom. The number of rotatable bonds is 11. The summed E-state index contributed by atoms with van der Waals surface area (Å²) in [5.41, 5.74) is 8.79. The zero-order valence-corrected chi connectivity index (χ0v) is 21.9. The minimum absolute atomic E-state index is 0.211. The van der Waals surface area contributed by atoms with Gasteiger partial charge in [-0.1, -0.05) is 13.8 Å². The summed E-state index contributed by atoms with van der Waals surface area (Å²) >= 11 is 0. The number of nitrogens with zero attached hydrogens (tertiary/aromatic N) is 7. The van der Waals surface area contributed by atoms with Crippen molar-refractivity contribution in [3.63, 3.8) is 0 Å². The van der Waals surface area contributed by atoms with E-state index in [2.05, 4.69) is 43.5 Å². The number of piperazine rings is 1. The predicted octanol–water partition coefficient (Wildman–Crippen LogP) is 2.93. The number of hydrogen-bond donors (Lipinski definition) is 1. The van der Waals surface area contributed by atoms with E-state index in [1.165, 1.54) is 25.9 Å². The summed E-state index contributed by atoms with van der Waals surface area (Å²) in [6.07, 6.45) is 4.10. The van der Waals surface area contributed by atoms with Crippen molar-refractivity contribution < 1.29 is 9.47 Å². The van der Waals surface area contributed by atoms with E-state index in [0.717, 1.165) is 50.6 Å². The summed E-state index contributed by atoms with van der Waals surface area (Å²) in [4.78, 5) is 25.7. The molecule has 0 spiro atoms. The van der Waals surface area contributed by atoms with Crippen LogP contribution in [0.2, 0.25) is 0 Å². The molecule has 36 heavy (non-hydrogen) atoms. The number of hydrogen-bond acceptors (Lipinski definition) is 10. The van der Waals surface area contributed by atoms with Crippen molar-refractivity contribution in [3.8, 4) is 22.8 Å². The van der Waals surface area contributed by atoms with Gasteiger partial charge in [0.05, 0.1) is 26.1 Å². The Labute approximate surface area is 213 Å². The lowest BCUT2D eigenvalue weighted by atomic mass is 10.1. The summed E-state index contributed by atoms with van der Waals surface area (Å²) in [5.74, 6) is 2.25. The van der Waals surface area contributed by atoms with E-state index in [0.29, 0.717) is 28.4 Å². The van der Waals surface area contributed by atoms with Gasteiger partial charge in [0, 0.05) is 44.8 Å². The molecule has 1 aromatic carbocycles. The highest BCUT2D eigenvalue weighted by Crippen LogP contribution is 2.32. The highest BCUT2D eigenvalue weighted by Gasteiger charge is 2.22. The van der Waals surface area contributed by atoms with Crippen molar-refractivity contribution in [2.75, 3.05) is 77.2 Å². The summed E-state index contributed by atoms with van der Waals surface area (Å²) in [6, 6.07) is 5.70. The minimum Gasteiger partial charge on any atom is -0.493 e. The second kappa shape index (κ2) is 12.1. The highest BCUT2D eigenvalue weighted by atomic mass is 16.5. The average Bonchev–Trinajstić information content (AvgIpc) is 2.91. The van der Waals surface area contributed by atoms with Gasteiger partial charge in [0.1, 0.15) is 0 Å². The van der Waals surface area contributed by atoms with Crippen molar-refractivity contribution in [1.82, 2.24) is 29.7 Å². The molecule has 10 heteroatoms. The Bertz CT molecular complexity index is 1140. The first-order chi connectivity index (χ1) is 17.6. The molecule has 4 rings (SSSR count). The lowest BCUT2D eigenvalue weighted by molar-refractivity contribution is 0.196. The van der Waals surface area contributed by atoms with Gasteiger partial charge < -0.3 is 25.0 Å². The summed E-state index contributed by atoms with van der Waals surface area (Å²) in [5, 5.41) is 0. The number of benzene rings is 1. The van der Waals surface area contributed by atoms with Crippen molar-refractivity contribution in [1.29, 1.82) is 0 Å². The van der Waals surface area contributed by atoms with E-state index >= 15 is 0 Å². The number of aromatic nitrogens is 4. The zero-order valence-electron chi connectivity index (χ0n) is 21.9. The Hall–Kier alpha value is -3.24. The third-order valence-electron chi connectivity index (χ3n) is 6.57. The fourth-order valence-electron chi connectivity index (χ4n) is 4.70. The summed E-state index contributed by atoms with van der Waals surface area (Å²) in [7, 11) is 3.24. The molecule has 1 aliphatic rings. The van der Waals surface area contributed by atoms with E-state index in [4.69, 9.17) is 20.2 Å². The number of fused-ring (bicyclic) bond motifs is 1. The average molecular weight is 495 g/mol. The second-order valence-electron chi connectivity index (χ2n) is 9.07. The first-order valence-electron chi connectivity index (χ1n) is 12.8. The molecule has 194 valence electrons. The van der Waals surface area contributed by atoms with Gasteiger partial charge in [0.2, 0.25) is 5.95 Å². The molecule has 0 radical (unpaired) electrons. The van der Waals surface area contributed by atoms with Gasteiger partial charge in [0.15, 0.2) is 28.5 Å². The van der Waals surface area contributed by atoms with E-state index < -0.39 is 0 Å². The van der Waals surface area contributed by atoms with Gasteiger partial charge in [-0.05, 0) is 44.1 Å². The lowest BCUT2D eigenvalue weighted by Crippen LogP contribution is -2.49. The van der Waals surface area contributed by atoms with Gasteiger partial charge in [-0.15, -0.1) is 0 Å². The molecule has 0 unspecified atom stereocenters. The fourth-order valence-corrected chi connectivity index (χ4v) is 4.70. The van der Waals surface area contributed by atoms with E-state index in [1.807, 2.05) is 18.2 Å². The van der Waals surface area contributed by atoms with Crippen LogP contribution in [0.5, 0.6) is 11.5 Å². The third kappa shape index (κ3) is 5.93. The normalized spacial score (nSPS) is 14.5. The molecule has 0 saturated carbocycles. The summed E-state index contributed by atoms with van der Waals surface area (Å²) < 4.78 is 10.8. The standard InChI is InChI=1S/C26H38N8O2/c1-5-9-32(10-6-2)11-12-33-13-15-34(16-14-33)25-23-24(30-26(27)31-25)28-18-20(29-23)19-7-8-21(35-3)22(17-19)36-4/h7-8,17-18H,5-6,9-16H2,1-4H3,(H2,27,28,30,31). The van der Waals surface area contributed by atoms with Crippen LogP contribution < -0.4 is 20.1 Å². The Morgan fingerprint density at radius 3 is 2.31 bits per heavy atom. The SMILES string of the molecule is CCCN(CCC)CCN1CCN(c2nc(N)nc3ncc(-c4ccc(OC)c(OC)c4)nc23)CC1. The Kier molecular flexibility index (Phi) is 8.71. The van der Waals surface area contributed by atoms with E-state index in [1.54, 1.807) is 20.4 Å². The molecule has 1 aliphatic heterocycles. The van der Waals surface area contributed by atoms with Gasteiger partial charge in [0.25, 0.3) is 0 Å². The molecule has 0 amide bonds. The van der Waals surface area contributed by atoms with Crippen molar-refractivity contribution in [2.24, 2.45) is 0 Å². The molecule has 2 N–H and O–H groups in total. The molecule has 0 atom stereocenters. The van der Waals surface area contributed by atoms with Crippen LogP contribution >= 0.6 is 0 Å². The zero-order chi connectivity index (χ0) is 25.5. The van der Waals surface area contributed by atoms with Crippen LogP contribution in [0, 0.1) is 0 Å². The largest absolute Gasteiger partial charge is 0.493 e. The Morgan fingerprint density at radius 2 is 1.64 bits per heavy atom. The predicted molar refractivity (Wildman–Crippen MR) is 144 cm³/mol. The molecule has 1 fully saturated rings. The number of nitrogen functional groups attached to an aromatic ring is 1. The number of ether oxygens (including phenoxy) is 2. The smallest absolute Gasteiger partial charge is 0.224 e. The monoisotopic (exact) mass is 494 g/mol. The molecule has 1 saturated heterocycles.